The first-order valence-corrected chi connectivity index (χ1v) is 4.68. The van der Waals surface area contributed by atoms with Crippen molar-refractivity contribution in [2.24, 2.45) is 0 Å². The van der Waals surface area contributed by atoms with Gasteiger partial charge in [-0.05, 0) is 6.07 Å². The summed E-state index contributed by atoms with van der Waals surface area (Å²) >= 11 is 0. The van der Waals surface area contributed by atoms with Crippen molar-refractivity contribution in [2.75, 3.05) is 7.11 Å². The van der Waals surface area contributed by atoms with E-state index in [4.69, 9.17) is 4.74 Å². The lowest BCUT2D eigenvalue weighted by atomic mass is 10.1. The first kappa shape index (κ1) is 10.2. The first-order valence-electron chi connectivity index (χ1n) is 4.68. The maximum Gasteiger partial charge on any atom is 0.235 e. The van der Waals surface area contributed by atoms with Crippen LogP contribution in [-0.4, -0.2) is 17.0 Å². The van der Waals surface area contributed by atoms with Gasteiger partial charge in [0.25, 0.3) is 0 Å². The van der Waals surface area contributed by atoms with E-state index in [1.165, 1.54) is 6.08 Å². The van der Waals surface area contributed by atoms with Crippen LogP contribution in [0.4, 0.5) is 0 Å². The van der Waals surface area contributed by atoms with Crippen LogP contribution in [0.3, 0.4) is 0 Å². The third kappa shape index (κ3) is 1.75. The number of para-hydroxylation sites is 1. The van der Waals surface area contributed by atoms with Crippen LogP contribution in [0.2, 0.25) is 0 Å². The summed E-state index contributed by atoms with van der Waals surface area (Å²) in [5, 5.41) is 11.1. The Kier molecular flexibility index (Phi) is 2.59. The second-order valence-electron chi connectivity index (χ2n) is 3.23. The molecule has 16 heavy (non-hydrogen) atoms. The Balaban J connectivity index is 2.53. The van der Waals surface area contributed by atoms with Crippen molar-refractivity contribution in [3.63, 3.8) is 0 Å². The number of benzene rings is 1. The molecule has 0 aliphatic rings. The highest BCUT2D eigenvalue weighted by Gasteiger charge is 2.05. The summed E-state index contributed by atoms with van der Waals surface area (Å²) in [4.78, 5) is 12.8. The molecule has 0 saturated carbocycles. The number of H-pyrrole nitrogens is 1. The summed E-state index contributed by atoms with van der Waals surface area (Å²) in [6.45, 7) is 0. The van der Waals surface area contributed by atoms with Gasteiger partial charge in [0.15, 0.2) is 0 Å². The predicted molar refractivity (Wildman–Crippen MR) is 60.9 cm³/mol. The zero-order valence-electron chi connectivity index (χ0n) is 8.64. The minimum atomic E-state index is -0.487. The molecule has 82 valence electrons. The fraction of sp³-hybridized carbons (Fsp3) is 0.0909. The molecule has 0 aliphatic carbocycles. The Morgan fingerprint density at radius 1 is 1.50 bits per heavy atom. The normalized spacial score (nSPS) is 11.1. The zero-order valence-corrected chi connectivity index (χ0v) is 8.64. The molecule has 1 heterocycles. The second-order valence-corrected chi connectivity index (χ2v) is 3.23. The summed E-state index contributed by atoms with van der Waals surface area (Å²) in [6.07, 6.45) is 4.09. The Bertz CT molecular complexity index is 557. The van der Waals surface area contributed by atoms with E-state index in [0.29, 0.717) is 0 Å². The molecule has 0 spiro atoms. The number of aromatic nitrogens is 1. The van der Waals surface area contributed by atoms with Gasteiger partial charge in [0.05, 0.1) is 17.5 Å². The van der Waals surface area contributed by atoms with Gasteiger partial charge < -0.3 is 9.72 Å². The van der Waals surface area contributed by atoms with Gasteiger partial charge in [-0.1, -0.05) is 12.1 Å². The SMILES string of the molecule is COc1cccc2c(C=C[N+](=O)[O-])c[nH]c12. The van der Waals surface area contributed by atoms with Crippen molar-refractivity contribution >= 4 is 17.0 Å². The topological polar surface area (TPSA) is 68.2 Å². The number of hydrogen-bond acceptors (Lipinski definition) is 3. The maximum absolute atomic E-state index is 10.2. The Labute approximate surface area is 91.5 Å². The minimum Gasteiger partial charge on any atom is -0.495 e. The monoisotopic (exact) mass is 218 g/mol. The van der Waals surface area contributed by atoms with E-state index in [-0.39, 0.29) is 0 Å². The van der Waals surface area contributed by atoms with Crippen LogP contribution in [0, 0.1) is 10.1 Å². The smallest absolute Gasteiger partial charge is 0.235 e. The van der Waals surface area contributed by atoms with Gasteiger partial charge in [0.2, 0.25) is 6.20 Å². The molecule has 0 radical (unpaired) electrons. The first-order chi connectivity index (χ1) is 7.72. The molecule has 2 rings (SSSR count). The number of fused-ring (bicyclic) bond motifs is 1. The molecule has 0 unspecified atom stereocenters. The van der Waals surface area contributed by atoms with Crippen LogP contribution in [0.5, 0.6) is 5.75 Å². The largest absolute Gasteiger partial charge is 0.495 e. The fourth-order valence-electron chi connectivity index (χ4n) is 1.60. The fourth-order valence-corrected chi connectivity index (χ4v) is 1.60. The average Bonchev–Trinajstić information content (AvgIpc) is 2.69. The van der Waals surface area contributed by atoms with Crippen LogP contribution in [-0.2, 0) is 0 Å². The van der Waals surface area contributed by atoms with Gasteiger partial charge in [0, 0.05) is 23.2 Å². The Hall–Kier alpha value is -2.30. The molecular weight excluding hydrogens is 208 g/mol. The van der Waals surface area contributed by atoms with E-state index in [0.717, 1.165) is 28.4 Å². The van der Waals surface area contributed by atoms with E-state index in [2.05, 4.69) is 4.98 Å². The van der Waals surface area contributed by atoms with Gasteiger partial charge in [0.1, 0.15) is 5.75 Å². The number of ether oxygens (including phenoxy) is 1. The molecule has 5 heteroatoms. The second kappa shape index (κ2) is 4.06. The lowest BCUT2D eigenvalue weighted by molar-refractivity contribution is -0.400. The number of methoxy groups -OCH3 is 1. The van der Waals surface area contributed by atoms with Crippen LogP contribution in [0.15, 0.2) is 30.6 Å². The Morgan fingerprint density at radius 3 is 3.00 bits per heavy atom. The molecule has 0 bridgehead atoms. The van der Waals surface area contributed by atoms with Gasteiger partial charge >= 0.3 is 0 Å². The minimum absolute atomic E-state index is 0.487. The van der Waals surface area contributed by atoms with E-state index in [1.807, 2.05) is 18.2 Å². The van der Waals surface area contributed by atoms with Crippen LogP contribution in [0.25, 0.3) is 17.0 Å². The molecule has 1 aromatic heterocycles. The van der Waals surface area contributed by atoms with E-state index >= 15 is 0 Å². The summed E-state index contributed by atoms with van der Waals surface area (Å²) in [5.41, 5.74) is 1.61. The highest BCUT2D eigenvalue weighted by molar-refractivity contribution is 5.92. The molecular formula is C11H10N2O3. The zero-order chi connectivity index (χ0) is 11.5. The maximum atomic E-state index is 10.2. The number of aromatic amines is 1. The van der Waals surface area contributed by atoms with Gasteiger partial charge in [-0.2, -0.15) is 0 Å². The number of nitrogens with zero attached hydrogens (tertiary/aromatic N) is 1. The van der Waals surface area contributed by atoms with Gasteiger partial charge in [-0.25, -0.2) is 0 Å². The molecule has 0 fully saturated rings. The predicted octanol–water partition coefficient (Wildman–Crippen LogP) is 2.42. The van der Waals surface area contributed by atoms with Crippen LogP contribution < -0.4 is 4.74 Å². The van der Waals surface area contributed by atoms with Crippen molar-refractivity contribution in [2.45, 2.75) is 0 Å². The number of rotatable bonds is 3. The van der Waals surface area contributed by atoms with Crippen molar-refractivity contribution in [1.29, 1.82) is 0 Å². The average molecular weight is 218 g/mol. The third-order valence-corrected chi connectivity index (χ3v) is 2.30. The highest BCUT2D eigenvalue weighted by atomic mass is 16.6. The molecule has 2 aromatic rings. The standard InChI is InChI=1S/C11H10N2O3/c1-16-10-4-2-3-9-8(5-6-13(14)15)7-12-11(9)10/h2-7,12H,1H3. The van der Waals surface area contributed by atoms with E-state index < -0.39 is 4.92 Å². The van der Waals surface area contributed by atoms with Crippen molar-refractivity contribution in [3.8, 4) is 5.75 Å². The molecule has 1 N–H and O–H groups in total. The molecule has 0 atom stereocenters. The molecule has 1 aromatic carbocycles. The van der Waals surface area contributed by atoms with E-state index in [9.17, 15) is 10.1 Å². The molecule has 0 saturated heterocycles. The summed E-state index contributed by atoms with van der Waals surface area (Å²) in [6, 6.07) is 5.56. The Morgan fingerprint density at radius 2 is 2.31 bits per heavy atom. The van der Waals surface area contributed by atoms with E-state index in [1.54, 1.807) is 13.3 Å². The van der Waals surface area contributed by atoms with Crippen LogP contribution >= 0.6 is 0 Å². The summed E-state index contributed by atoms with van der Waals surface area (Å²) < 4.78 is 5.18. The number of nitrogens with one attached hydrogen (secondary N) is 1. The number of hydrogen-bond donors (Lipinski definition) is 1. The lowest BCUT2D eigenvalue weighted by Crippen LogP contribution is -1.83. The number of nitro groups is 1. The van der Waals surface area contributed by atoms with Crippen molar-refractivity contribution in [1.82, 2.24) is 4.98 Å². The molecule has 0 amide bonds. The highest BCUT2D eigenvalue weighted by Crippen LogP contribution is 2.27. The molecule has 0 aliphatic heterocycles. The van der Waals surface area contributed by atoms with Crippen molar-refractivity contribution < 1.29 is 9.66 Å². The quantitative estimate of drug-likeness (QED) is 0.635. The third-order valence-electron chi connectivity index (χ3n) is 2.30. The van der Waals surface area contributed by atoms with Gasteiger partial charge in [-0.15, -0.1) is 0 Å². The summed E-state index contributed by atoms with van der Waals surface area (Å²) in [5.74, 6) is 0.721. The summed E-state index contributed by atoms with van der Waals surface area (Å²) in [7, 11) is 1.59. The van der Waals surface area contributed by atoms with Crippen LogP contribution in [0.1, 0.15) is 5.56 Å². The lowest BCUT2D eigenvalue weighted by Gasteiger charge is -2.00. The van der Waals surface area contributed by atoms with Gasteiger partial charge in [-0.3, -0.25) is 10.1 Å². The molecule has 5 nitrogen and oxygen atoms in total. The van der Waals surface area contributed by atoms with Crippen molar-refractivity contribution in [3.05, 3.63) is 46.3 Å².